The molecule has 41 heavy (non-hydrogen) atoms. The summed E-state index contributed by atoms with van der Waals surface area (Å²) in [5.41, 5.74) is -0.525. The molecule has 0 radical (unpaired) electrons. The first-order chi connectivity index (χ1) is 19.6. The molecule has 0 unspecified atom stereocenters. The fourth-order valence-electron chi connectivity index (χ4n) is 5.16. The van der Waals surface area contributed by atoms with Crippen molar-refractivity contribution in [3.8, 4) is 11.5 Å². The van der Waals surface area contributed by atoms with Crippen LogP contribution in [0.25, 0.3) is 0 Å². The van der Waals surface area contributed by atoms with E-state index in [1.807, 2.05) is 0 Å². The van der Waals surface area contributed by atoms with Gasteiger partial charge in [-0.05, 0) is 79.6 Å². The number of ether oxygens (including phenoxy) is 1. The molecule has 210 valence electrons. The number of halogens is 1. The maximum Gasteiger partial charge on any atom is 0.340 e. The van der Waals surface area contributed by atoms with E-state index in [0.717, 1.165) is 5.56 Å². The molecule has 1 fully saturated rings. The second-order valence-electron chi connectivity index (χ2n) is 9.68. The van der Waals surface area contributed by atoms with Crippen molar-refractivity contribution in [2.75, 3.05) is 4.90 Å². The number of carboxylic acid groups (broad SMARTS) is 1. The Labute approximate surface area is 243 Å². The number of hydrogen-bond acceptors (Lipinski definition) is 5. The van der Waals surface area contributed by atoms with E-state index >= 15 is 0 Å². The molecule has 5 rings (SSSR count). The van der Waals surface area contributed by atoms with Gasteiger partial charge in [0.25, 0.3) is 10.0 Å². The van der Waals surface area contributed by atoms with Crippen molar-refractivity contribution in [2.24, 2.45) is 0 Å². The fraction of sp³-hybridized carbons (Fsp3) is 0.161. The average Bonchev–Trinajstić information content (AvgIpc) is 3.25. The number of nitrogens with zero attached hydrogens (tertiary/aromatic N) is 2. The number of benzene rings is 4. The number of carbonyl (C=O) groups is 2. The molecule has 4 aromatic rings. The first kappa shape index (κ1) is 28.2. The molecule has 0 saturated carbocycles. The monoisotopic (exact) mass is 590 g/mol. The van der Waals surface area contributed by atoms with Gasteiger partial charge < -0.3 is 9.84 Å². The van der Waals surface area contributed by atoms with E-state index in [2.05, 4.69) is 0 Å². The second kappa shape index (κ2) is 10.9. The highest BCUT2D eigenvalue weighted by atomic mass is 35.5. The van der Waals surface area contributed by atoms with E-state index in [1.165, 1.54) is 17.0 Å². The van der Waals surface area contributed by atoms with E-state index in [0.29, 0.717) is 32.1 Å². The lowest BCUT2D eigenvalue weighted by molar-refractivity contribution is -0.147. The summed E-state index contributed by atoms with van der Waals surface area (Å²) >= 11 is 5.95. The minimum atomic E-state index is -4.58. The first-order valence-electron chi connectivity index (χ1n) is 12.9. The van der Waals surface area contributed by atoms with Crippen LogP contribution >= 0.6 is 11.6 Å². The van der Waals surface area contributed by atoms with E-state index in [9.17, 15) is 23.1 Å². The molecule has 1 saturated heterocycles. The molecule has 0 bridgehead atoms. The summed E-state index contributed by atoms with van der Waals surface area (Å²) in [5, 5.41) is 11.3. The van der Waals surface area contributed by atoms with Crippen LogP contribution in [0.1, 0.15) is 30.5 Å². The van der Waals surface area contributed by atoms with Gasteiger partial charge in [0.05, 0.1) is 10.9 Å². The quantitative estimate of drug-likeness (QED) is 0.236. The predicted molar refractivity (Wildman–Crippen MR) is 156 cm³/mol. The highest BCUT2D eigenvalue weighted by molar-refractivity contribution is 7.89. The van der Waals surface area contributed by atoms with Gasteiger partial charge in [-0.1, -0.05) is 66.6 Å². The van der Waals surface area contributed by atoms with Gasteiger partial charge in [-0.15, -0.1) is 0 Å². The number of carboxylic acids is 1. The van der Waals surface area contributed by atoms with Crippen LogP contribution in [0.2, 0.25) is 5.02 Å². The normalized spacial score (nSPS) is 18.9. The molecular formula is C31H27ClN2O6S. The largest absolute Gasteiger partial charge is 0.479 e. The van der Waals surface area contributed by atoms with Crippen molar-refractivity contribution < 1.29 is 27.9 Å². The number of sulfonamides is 1. The van der Waals surface area contributed by atoms with Crippen molar-refractivity contribution in [1.29, 1.82) is 0 Å². The number of urea groups is 1. The molecule has 8 nitrogen and oxygen atoms in total. The lowest BCUT2D eigenvalue weighted by Crippen LogP contribution is -2.56. The van der Waals surface area contributed by atoms with Crippen LogP contribution < -0.4 is 9.64 Å². The number of hydrogen-bond donors (Lipinski definition) is 1. The maximum absolute atomic E-state index is 14.2. The van der Waals surface area contributed by atoms with Crippen LogP contribution in [0.15, 0.2) is 108 Å². The van der Waals surface area contributed by atoms with Gasteiger partial charge in [0.2, 0.25) is 0 Å². The smallest absolute Gasteiger partial charge is 0.340 e. The van der Waals surface area contributed by atoms with Gasteiger partial charge in [-0.3, -0.25) is 4.90 Å². The van der Waals surface area contributed by atoms with Crippen molar-refractivity contribution in [3.63, 3.8) is 0 Å². The molecule has 0 aromatic heterocycles. The number of carbonyl (C=O) groups excluding carboxylic acids is 1. The van der Waals surface area contributed by atoms with E-state index in [4.69, 9.17) is 16.3 Å². The zero-order chi connectivity index (χ0) is 29.4. The minimum absolute atomic E-state index is 0.170. The summed E-state index contributed by atoms with van der Waals surface area (Å²) in [6.07, 6.45) is -0.174. The van der Waals surface area contributed by atoms with Crippen molar-refractivity contribution in [2.45, 2.75) is 36.7 Å². The van der Waals surface area contributed by atoms with Gasteiger partial charge in [-0.2, -0.15) is 4.31 Å². The van der Waals surface area contributed by atoms with Crippen LogP contribution in [0.4, 0.5) is 10.5 Å². The molecule has 10 heteroatoms. The van der Waals surface area contributed by atoms with Crippen LogP contribution in [0, 0.1) is 6.92 Å². The topological polar surface area (TPSA) is 104 Å². The standard InChI is InChI=1S/C31H27ClN2O6S/c1-3-31(29(35)36)28(22-7-5-4-6-8-22)33(30(37)34(31)41(38,39)27-19-9-21(2)10-20-27)24-13-17-26(18-14-24)40-25-15-11-23(32)12-16-25/h4-20,28H,3H2,1-2H3,(H,35,36)/t28-,31+/m0/s1. The molecule has 1 heterocycles. The number of aryl methyl sites for hydroxylation is 1. The van der Waals surface area contributed by atoms with E-state index in [-0.39, 0.29) is 11.3 Å². The van der Waals surface area contributed by atoms with Gasteiger partial charge in [-0.25, -0.2) is 18.0 Å². The van der Waals surface area contributed by atoms with Gasteiger partial charge >= 0.3 is 12.0 Å². The molecule has 0 spiro atoms. The lowest BCUT2D eigenvalue weighted by atomic mass is 9.83. The number of amides is 2. The van der Waals surface area contributed by atoms with Crippen molar-refractivity contribution in [1.82, 2.24) is 4.31 Å². The maximum atomic E-state index is 14.2. The molecule has 1 aliphatic rings. The molecular weight excluding hydrogens is 564 g/mol. The zero-order valence-corrected chi connectivity index (χ0v) is 23.8. The Morgan fingerprint density at radius 1 is 0.902 bits per heavy atom. The van der Waals surface area contributed by atoms with Crippen molar-refractivity contribution >= 4 is 39.3 Å². The van der Waals surface area contributed by atoms with Crippen LogP contribution in [-0.4, -0.2) is 35.4 Å². The molecule has 0 aliphatic carbocycles. The summed E-state index contributed by atoms with van der Waals surface area (Å²) in [6.45, 7) is 3.38. The third-order valence-corrected chi connectivity index (χ3v) is 9.28. The lowest BCUT2D eigenvalue weighted by Gasteiger charge is -2.36. The summed E-state index contributed by atoms with van der Waals surface area (Å²) < 4.78 is 34.5. The molecule has 1 N–H and O–H groups in total. The molecule has 1 aliphatic heterocycles. The zero-order valence-electron chi connectivity index (χ0n) is 22.3. The van der Waals surface area contributed by atoms with Crippen LogP contribution in [-0.2, 0) is 14.8 Å². The SMILES string of the molecule is CC[C@]1(C(=O)O)[C@H](c2ccccc2)N(c2ccc(Oc3ccc(Cl)cc3)cc2)C(=O)N1S(=O)(=O)c1ccc(C)cc1. The average molecular weight is 591 g/mol. The van der Waals surface area contributed by atoms with Crippen LogP contribution in [0.5, 0.6) is 11.5 Å². The highest BCUT2D eigenvalue weighted by Gasteiger charge is 2.66. The Bertz CT molecular complexity index is 1680. The minimum Gasteiger partial charge on any atom is -0.479 e. The summed E-state index contributed by atoms with van der Waals surface area (Å²) in [7, 11) is -4.58. The Balaban J connectivity index is 1.65. The van der Waals surface area contributed by atoms with Gasteiger partial charge in [0.1, 0.15) is 11.5 Å². The Hall–Kier alpha value is -4.34. The van der Waals surface area contributed by atoms with Crippen LogP contribution in [0.3, 0.4) is 0 Å². The third kappa shape index (κ3) is 4.92. The molecule has 2 amide bonds. The fourth-order valence-corrected chi connectivity index (χ4v) is 7.01. The third-order valence-electron chi connectivity index (χ3n) is 7.20. The first-order valence-corrected chi connectivity index (χ1v) is 14.7. The molecule has 4 aromatic carbocycles. The Kier molecular flexibility index (Phi) is 7.50. The summed E-state index contributed by atoms with van der Waals surface area (Å²) in [6, 6.07) is 25.7. The number of rotatable bonds is 8. The molecule has 2 atom stereocenters. The predicted octanol–water partition coefficient (Wildman–Crippen LogP) is 7.05. The number of anilines is 1. The van der Waals surface area contributed by atoms with E-state index in [1.54, 1.807) is 105 Å². The summed E-state index contributed by atoms with van der Waals surface area (Å²) in [4.78, 5) is 28.5. The highest BCUT2D eigenvalue weighted by Crippen LogP contribution is 2.50. The van der Waals surface area contributed by atoms with E-state index < -0.39 is 33.6 Å². The number of aliphatic carboxylic acids is 1. The van der Waals surface area contributed by atoms with Crippen molar-refractivity contribution in [3.05, 3.63) is 119 Å². The summed E-state index contributed by atoms with van der Waals surface area (Å²) in [5.74, 6) is -0.418. The van der Waals surface area contributed by atoms with Gasteiger partial charge in [0, 0.05) is 10.7 Å². The Morgan fingerprint density at radius 3 is 2.00 bits per heavy atom. The Morgan fingerprint density at radius 2 is 1.46 bits per heavy atom. The van der Waals surface area contributed by atoms with Gasteiger partial charge in [0.15, 0.2) is 5.54 Å². The second-order valence-corrected chi connectivity index (χ2v) is 11.9.